The molecule has 9 heteroatoms. The largest absolute Gasteiger partial charge is 0.494 e. The molecule has 4 aromatic rings. The lowest BCUT2D eigenvalue weighted by atomic mass is 10.0. The second-order valence-corrected chi connectivity index (χ2v) is 9.30. The normalized spacial score (nSPS) is 14.1. The van der Waals surface area contributed by atoms with Crippen molar-refractivity contribution in [2.24, 2.45) is 4.99 Å². The summed E-state index contributed by atoms with van der Waals surface area (Å²) in [5, 5.41) is 22.7. The van der Waals surface area contributed by atoms with Crippen molar-refractivity contribution >= 4 is 49.8 Å². The summed E-state index contributed by atoms with van der Waals surface area (Å²) in [5.74, 6) is 0.0554. The molecule has 1 amide bonds. The first-order valence-corrected chi connectivity index (χ1v) is 11.9. The van der Waals surface area contributed by atoms with Crippen LogP contribution in [0, 0.1) is 10.1 Å². The van der Waals surface area contributed by atoms with Gasteiger partial charge in [0.1, 0.15) is 0 Å². The van der Waals surface area contributed by atoms with Crippen molar-refractivity contribution in [1.82, 2.24) is 9.88 Å². The molecule has 1 aliphatic rings. The molecule has 2 heterocycles. The van der Waals surface area contributed by atoms with Gasteiger partial charge in [-0.3, -0.25) is 14.9 Å². The Bertz CT molecular complexity index is 1460. The van der Waals surface area contributed by atoms with Crippen molar-refractivity contribution in [3.05, 3.63) is 98.0 Å². The third kappa shape index (κ3) is 4.67. The van der Waals surface area contributed by atoms with Crippen molar-refractivity contribution in [2.45, 2.75) is 19.4 Å². The van der Waals surface area contributed by atoms with Crippen LogP contribution in [0.5, 0.6) is 5.88 Å². The molecule has 1 saturated heterocycles. The number of halogens is 1. The summed E-state index contributed by atoms with van der Waals surface area (Å²) in [6, 6.07) is 19.5. The monoisotopic (exact) mass is 532 g/mol. The number of non-ortho nitro benzene ring substituents is 1. The lowest BCUT2D eigenvalue weighted by Crippen LogP contribution is -2.23. The predicted octanol–water partition coefficient (Wildman–Crippen LogP) is 5.84. The summed E-state index contributed by atoms with van der Waals surface area (Å²) in [6.45, 7) is 1.34. The summed E-state index contributed by atoms with van der Waals surface area (Å²) in [5.41, 5.74) is 3.76. The van der Waals surface area contributed by atoms with Gasteiger partial charge in [0.2, 0.25) is 5.91 Å². The Hall–Kier alpha value is -3.98. The molecule has 1 fully saturated rings. The van der Waals surface area contributed by atoms with E-state index < -0.39 is 4.92 Å². The number of rotatable bonds is 6. The van der Waals surface area contributed by atoms with Gasteiger partial charge < -0.3 is 15.0 Å². The number of hydrogen-bond donors (Lipinski definition) is 2. The molecule has 0 saturated carbocycles. The maximum atomic E-state index is 11.9. The van der Waals surface area contributed by atoms with Crippen LogP contribution < -0.4 is 0 Å². The van der Waals surface area contributed by atoms with Crippen LogP contribution in [0.3, 0.4) is 0 Å². The van der Waals surface area contributed by atoms with E-state index in [1.165, 1.54) is 12.1 Å². The van der Waals surface area contributed by atoms with E-state index in [0.29, 0.717) is 40.8 Å². The van der Waals surface area contributed by atoms with Gasteiger partial charge in [-0.1, -0.05) is 40.2 Å². The van der Waals surface area contributed by atoms with Gasteiger partial charge >= 0.3 is 0 Å². The zero-order chi connectivity index (χ0) is 24.5. The number of amides is 1. The smallest absolute Gasteiger partial charge is 0.270 e. The Morgan fingerprint density at radius 3 is 2.51 bits per heavy atom. The van der Waals surface area contributed by atoms with Crippen molar-refractivity contribution in [1.29, 1.82) is 0 Å². The highest BCUT2D eigenvalue weighted by Gasteiger charge is 2.22. The summed E-state index contributed by atoms with van der Waals surface area (Å²) >= 11 is 3.44. The number of nitrogens with zero attached hydrogens (tertiary/aromatic N) is 3. The average molecular weight is 533 g/mol. The molecule has 0 radical (unpaired) electrons. The molecule has 35 heavy (non-hydrogen) atoms. The van der Waals surface area contributed by atoms with Crippen LogP contribution in [-0.4, -0.2) is 38.1 Å². The van der Waals surface area contributed by atoms with E-state index in [-0.39, 0.29) is 17.5 Å². The Morgan fingerprint density at radius 1 is 1.11 bits per heavy atom. The molecular weight excluding hydrogens is 512 g/mol. The Kier molecular flexibility index (Phi) is 6.08. The lowest BCUT2D eigenvalue weighted by Gasteiger charge is -2.15. The molecule has 1 aromatic heterocycles. The zero-order valence-corrected chi connectivity index (χ0v) is 20.2. The van der Waals surface area contributed by atoms with Crippen LogP contribution >= 0.6 is 15.9 Å². The number of carbonyl (C=O) groups excluding carboxylic acids is 1. The molecule has 2 N–H and O–H groups in total. The Morgan fingerprint density at radius 2 is 1.86 bits per heavy atom. The first-order chi connectivity index (χ1) is 16.9. The molecule has 5 rings (SSSR count). The fraction of sp³-hybridized carbons (Fsp3) is 0.154. The molecule has 3 aromatic carbocycles. The molecule has 0 unspecified atom stereocenters. The molecule has 8 nitrogen and oxygen atoms in total. The molecule has 0 bridgehead atoms. The maximum Gasteiger partial charge on any atom is 0.270 e. The predicted molar refractivity (Wildman–Crippen MR) is 137 cm³/mol. The van der Waals surface area contributed by atoms with E-state index in [1.807, 2.05) is 53.4 Å². The number of nitrogens with one attached hydrogen (secondary N) is 1. The number of H-pyrrole nitrogens is 1. The first-order valence-electron chi connectivity index (χ1n) is 11.1. The minimum Gasteiger partial charge on any atom is -0.494 e. The van der Waals surface area contributed by atoms with E-state index >= 15 is 0 Å². The second kappa shape index (κ2) is 9.34. The fourth-order valence-electron chi connectivity index (χ4n) is 4.29. The van der Waals surface area contributed by atoms with Gasteiger partial charge in [-0.15, -0.1) is 0 Å². The van der Waals surface area contributed by atoms with Crippen LogP contribution in [0.25, 0.3) is 10.9 Å². The molecule has 176 valence electrons. The zero-order valence-electron chi connectivity index (χ0n) is 18.6. The number of aliphatic imine (C=N–C) groups is 1. The number of likely N-dealkylation sites (tertiary alicyclic amines) is 1. The molecule has 1 aliphatic heterocycles. The number of hydrogen-bond acceptors (Lipinski definition) is 5. The number of aromatic amines is 1. The van der Waals surface area contributed by atoms with E-state index in [2.05, 4.69) is 20.9 Å². The van der Waals surface area contributed by atoms with Crippen molar-refractivity contribution in [2.75, 3.05) is 6.54 Å². The van der Waals surface area contributed by atoms with E-state index in [9.17, 15) is 20.0 Å². The summed E-state index contributed by atoms with van der Waals surface area (Å²) in [6.07, 6.45) is 1.50. The number of aromatic hydroxyl groups is 1. The standard InChI is InChI=1S/C26H21BrN4O4/c27-18-7-5-17(6-8-18)25(24-21-14-20(31(34)35)11-12-22(21)29-26(24)33)28-19-9-3-16(4-10-19)15-30-13-1-2-23(30)32/h3-12,14,29,33H,1-2,13,15H2. The number of nitro groups is 1. The molecule has 0 atom stereocenters. The van der Waals surface area contributed by atoms with Gasteiger partial charge in [0, 0.05) is 52.6 Å². The SMILES string of the molecule is O=C1CCCN1Cc1ccc(N=C(c2ccc(Br)cc2)c2c(O)[nH]c3ccc([N+](=O)[O-])cc23)cc1. The van der Waals surface area contributed by atoms with E-state index in [4.69, 9.17) is 4.99 Å². The Labute approximate surface area is 209 Å². The van der Waals surface area contributed by atoms with Crippen LogP contribution in [-0.2, 0) is 11.3 Å². The molecule has 0 aliphatic carbocycles. The van der Waals surface area contributed by atoms with Crippen molar-refractivity contribution in [3.8, 4) is 5.88 Å². The van der Waals surface area contributed by atoms with Crippen LogP contribution in [0.15, 0.2) is 76.2 Å². The fourth-order valence-corrected chi connectivity index (χ4v) is 4.55. The summed E-state index contributed by atoms with van der Waals surface area (Å²) in [4.78, 5) is 32.5. The maximum absolute atomic E-state index is 11.9. The van der Waals surface area contributed by atoms with Crippen LogP contribution in [0.1, 0.15) is 29.5 Å². The van der Waals surface area contributed by atoms with Crippen LogP contribution in [0.2, 0.25) is 0 Å². The topological polar surface area (TPSA) is 112 Å². The van der Waals surface area contributed by atoms with E-state index in [1.54, 1.807) is 6.07 Å². The third-order valence-electron chi connectivity index (χ3n) is 6.05. The average Bonchev–Trinajstić information content (AvgIpc) is 3.40. The van der Waals surface area contributed by atoms with Gasteiger partial charge in [0.15, 0.2) is 5.88 Å². The number of fused-ring (bicyclic) bond motifs is 1. The van der Waals surface area contributed by atoms with Gasteiger partial charge in [0.05, 0.1) is 21.9 Å². The third-order valence-corrected chi connectivity index (χ3v) is 6.58. The molecule has 0 spiro atoms. The minimum atomic E-state index is -0.465. The second-order valence-electron chi connectivity index (χ2n) is 8.39. The van der Waals surface area contributed by atoms with Gasteiger partial charge in [-0.2, -0.15) is 0 Å². The highest BCUT2D eigenvalue weighted by Crippen LogP contribution is 2.34. The molecular formula is C26H21BrN4O4. The quantitative estimate of drug-likeness (QED) is 0.184. The highest BCUT2D eigenvalue weighted by molar-refractivity contribution is 9.10. The summed E-state index contributed by atoms with van der Waals surface area (Å²) < 4.78 is 0.889. The lowest BCUT2D eigenvalue weighted by molar-refractivity contribution is -0.384. The van der Waals surface area contributed by atoms with Gasteiger partial charge in [-0.25, -0.2) is 4.99 Å². The number of benzene rings is 3. The summed E-state index contributed by atoms with van der Waals surface area (Å²) in [7, 11) is 0. The van der Waals surface area contributed by atoms with Crippen molar-refractivity contribution < 1.29 is 14.8 Å². The van der Waals surface area contributed by atoms with Crippen LogP contribution in [0.4, 0.5) is 11.4 Å². The number of carbonyl (C=O) groups is 1. The Balaban J connectivity index is 1.59. The van der Waals surface area contributed by atoms with Gasteiger partial charge in [0.25, 0.3) is 5.69 Å². The number of aromatic nitrogens is 1. The number of nitro benzene ring substituents is 1. The van der Waals surface area contributed by atoms with Crippen molar-refractivity contribution in [3.63, 3.8) is 0 Å². The minimum absolute atomic E-state index is 0.0753. The van der Waals surface area contributed by atoms with Gasteiger partial charge in [-0.05, 0) is 42.3 Å². The first kappa shape index (κ1) is 22.8. The highest BCUT2D eigenvalue weighted by atomic mass is 79.9. The van der Waals surface area contributed by atoms with E-state index in [0.717, 1.165) is 28.6 Å².